The Kier molecular flexibility index (Phi) is 2.53. The number of hydrogen-bond donors (Lipinski definition) is 0. The number of hydrogen-bond acceptors (Lipinski definition) is 3. The molecule has 0 N–H and O–H groups in total. The zero-order valence-electron chi connectivity index (χ0n) is 7.58. The van der Waals surface area contributed by atoms with Crippen LogP contribution in [0.15, 0.2) is 21.9 Å². The molecule has 2 rings (SSSR count). The molecule has 14 heavy (non-hydrogen) atoms. The van der Waals surface area contributed by atoms with Crippen LogP contribution in [0.1, 0.15) is 11.1 Å². The fourth-order valence-corrected chi connectivity index (χ4v) is 4.44. The normalized spacial score (nSPS) is 15.6. The van der Waals surface area contributed by atoms with Crippen LogP contribution in [0.3, 0.4) is 0 Å². The van der Waals surface area contributed by atoms with Crippen LogP contribution in [0.2, 0.25) is 0 Å². The van der Waals surface area contributed by atoms with E-state index in [0.717, 1.165) is 28.2 Å². The Bertz CT molecular complexity index is 480. The zero-order chi connectivity index (χ0) is 10.3. The molecular formula is C9H9ClO2S2. The van der Waals surface area contributed by atoms with Gasteiger partial charge in [0.2, 0.25) is 0 Å². The lowest BCUT2D eigenvalue weighted by Gasteiger charge is -2.07. The molecule has 76 valence electrons. The number of halogens is 1. The second-order valence-electron chi connectivity index (χ2n) is 3.22. The van der Waals surface area contributed by atoms with Crippen molar-refractivity contribution < 1.29 is 8.42 Å². The van der Waals surface area contributed by atoms with E-state index in [0.29, 0.717) is 4.90 Å². The van der Waals surface area contributed by atoms with Gasteiger partial charge in [0.15, 0.2) is 0 Å². The molecular weight excluding hydrogens is 240 g/mol. The summed E-state index contributed by atoms with van der Waals surface area (Å²) in [5.74, 6) is 0.943. The summed E-state index contributed by atoms with van der Waals surface area (Å²) in [6.45, 7) is 1.78. The molecule has 0 aromatic heterocycles. The minimum absolute atomic E-state index is 0.321. The number of rotatable bonds is 1. The highest BCUT2D eigenvalue weighted by atomic mass is 35.7. The first-order valence-corrected chi connectivity index (χ1v) is 7.49. The number of fused-ring (bicyclic) bond motifs is 1. The molecule has 0 aliphatic carbocycles. The molecule has 1 aliphatic rings. The predicted octanol–water partition coefficient (Wildman–Crippen LogP) is 2.57. The van der Waals surface area contributed by atoms with Crippen LogP contribution in [-0.4, -0.2) is 14.2 Å². The summed E-state index contributed by atoms with van der Waals surface area (Å²) in [5.41, 5.74) is 1.63. The summed E-state index contributed by atoms with van der Waals surface area (Å²) >= 11 is 1.68. The molecule has 1 aliphatic heterocycles. The number of aryl methyl sites for hydroxylation is 1. The fraction of sp³-hybridized carbons (Fsp3) is 0.333. The quantitative estimate of drug-likeness (QED) is 0.717. The van der Waals surface area contributed by atoms with E-state index in [2.05, 4.69) is 0 Å². The summed E-state index contributed by atoms with van der Waals surface area (Å²) in [6.07, 6.45) is 0.795. The SMILES string of the molecule is Cc1ccc2c(c1S(=O)(=O)Cl)CCS2. The fourth-order valence-electron chi connectivity index (χ4n) is 1.70. The van der Waals surface area contributed by atoms with E-state index in [1.807, 2.05) is 12.1 Å². The second-order valence-corrected chi connectivity index (χ2v) is 6.86. The maximum absolute atomic E-state index is 11.4. The highest BCUT2D eigenvalue weighted by Gasteiger charge is 2.24. The molecule has 0 radical (unpaired) electrons. The van der Waals surface area contributed by atoms with E-state index in [4.69, 9.17) is 10.7 Å². The van der Waals surface area contributed by atoms with Gasteiger partial charge in [0.25, 0.3) is 9.05 Å². The van der Waals surface area contributed by atoms with Crippen LogP contribution >= 0.6 is 22.4 Å². The first-order valence-electron chi connectivity index (χ1n) is 4.20. The Hall–Kier alpha value is -0.190. The Morgan fingerprint density at radius 3 is 2.79 bits per heavy atom. The Balaban J connectivity index is 2.76. The van der Waals surface area contributed by atoms with Crippen LogP contribution in [0, 0.1) is 6.92 Å². The van der Waals surface area contributed by atoms with Crippen molar-refractivity contribution in [1.29, 1.82) is 0 Å². The lowest BCUT2D eigenvalue weighted by Crippen LogP contribution is -2.00. The molecule has 5 heteroatoms. The Morgan fingerprint density at radius 2 is 2.14 bits per heavy atom. The summed E-state index contributed by atoms with van der Waals surface area (Å²) in [5, 5.41) is 0. The molecule has 2 nitrogen and oxygen atoms in total. The van der Waals surface area contributed by atoms with Crippen molar-refractivity contribution in [3.8, 4) is 0 Å². The molecule has 0 atom stereocenters. The predicted molar refractivity (Wildman–Crippen MR) is 58.6 cm³/mol. The summed E-state index contributed by atoms with van der Waals surface area (Å²) in [4.78, 5) is 1.37. The first-order chi connectivity index (χ1) is 6.50. The van der Waals surface area contributed by atoms with Crippen molar-refractivity contribution in [3.05, 3.63) is 23.3 Å². The monoisotopic (exact) mass is 248 g/mol. The van der Waals surface area contributed by atoms with E-state index in [1.54, 1.807) is 18.7 Å². The van der Waals surface area contributed by atoms with Crippen molar-refractivity contribution in [2.45, 2.75) is 23.1 Å². The van der Waals surface area contributed by atoms with Crippen LogP contribution in [0.5, 0.6) is 0 Å². The van der Waals surface area contributed by atoms with Crippen molar-refractivity contribution >= 4 is 31.5 Å². The molecule has 0 unspecified atom stereocenters. The molecule has 0 bridgehead atoms. The lowest BCUT2D eigenvalue weighted by molar-refractivity contribution is 0.607. The third kappa shape index (κ3) is 1.66. The zero-order valence-corrected chi connectivity index (χ0v) is 9.97. The van der Waals surface area contributed by atoms with E-state index in [1.165, 1.54) is 0 Å². The average Bonchev–Trinajstić information content (AvgIpc) is 2.48. The van der Waals surface area contributed by atoms with E-state index < -0.39 is 9.05 Å². The van der Waals surface area contributed by atoms with Gasteiger partial charge in [-0.05, 0) is 30.5 Å². The summed E-state index contributed by atoms with van der Waals surface area (Å²) < 4.78 is 22.7. The summed E-state index contributed by atoms with van der Waals surface area (Å²) in [7, 11) is 1.81. The smallest absolute Gasteiger partial charge is 0.207 e. The van der Waals surface area contributed by atoms with Gasteiger partial charge in [0, 0.05) is 21.3 Å². The van der Waals surface area contributed by atoms with Crippen LogP contribution in [0.4, 0.5) is 0 Å². The largest absolute Gasteiger partial charge is 0.261 e. The number of thioether (sulfide) groups is 1. The molecule has 1 aromatic rings. The minimum Gasteiger partial charge on any atom is -0.207 e. The van der Waals surface area contributed by atoms with Crippen molar-refractivity contribution in [2.24, 2.45) is 0 Å². The Morgan fingerprint density at radius 1 is 1.43 bits per heavy atom. The highest BCUT2D eigenvalue weighted by Crippen LogP contribution is 2.37. The van der Waals surface area contributed by atoms with E-state index in [-0.39, 0.29) is 0 Å². The van der Waals surface area contributed by atoms with Gasteiger partial charge in [-0.25, -0.2) is 8.42 Å². The molecule has 1 aromatic carbocycles. The number of benzene rings is 1. The van der Waals surface area contributed by atoms with E-state index >= 15 is 0 Å². The Labute approximate surface area is 92.1 Å². The van der Waals surface area contributed by atoms with Crippen LogP contribution in [0.25, 0.3) is 0 Å². The van der Waals surface area contributed by atoms with Crippen molar-refractivity contribution in [2.75, 3.05) is 5.75 Å². The molecule has 0 saturated heterocycles. The molecule has 0 fully saturated rings. The van der Waals surface area contributed by atoms with Gasteiger partial charge in [0.05, 0.1) is 4.90 Å². The summed E-state index contributed by atoms with van der Waals surface area (Å²) in [6, 6.07) is 3.78. The highest BCUT2D eigenvalue weighted by molar-refractivity contribution is 8.13. The van der Waals surface area contributed by atoms with Crippen LogP contribution in [-0.2, 0) is 15.5 Å². The van der Waals surface area contributed by atoms with Crippen molar-refractivity contribution in [1.82, 2.24) is 0 Å². The lowest BCUT2D eigenvalue weighted by atomic mass is 10.1. The topological polar surface area (TPSA) is 34.1 Å². The van der Waals surface area contributed by atoms with Gasteiger partial charge < -0.3 is 0 Å². The van der Waals surface area contributed by atoms with Gasteiger partial charge in [-0.2, -0.15) is 0 Å². The third-order valence-electron chi connectivity index (χ3n) is 2.27. The van der Waals surface area contributed by atoms with Gasteiger partial charge in [0.1, 0.15) is 0 Å². The van der Waals surface area contributed by atoms with Gasteiger partial charge in [-0.15, -0.1) is 11.8 Å². The third-order valence-corrected chi connectivity index (χ3v) is 4.89. The maximum Gasteiger partial charge on any atom is 0.261 e. The van der Waals surface area contributed by atoms with Gasteiger partial charge >= 0.3 is 0 Å². The minimum atomic E-state index is -3.60. The molecule has 0 saturated carbocycles. The average molecular weight is 249 g/mol. The maximum atomic E-state index is 11.4. The standard InChI is InChI=1S/C9H9ClO2S2/c1-6-2-3-8-7(4-5-13-8)9(6)14(10,11)12/h2-3H,4-5H2,1H3. The van der Waals surface area contributed by atoms with Crippen molar-refractivity contribution in [3.63, 3.8) is 0 Å². The molecule has 0 spiro atoms. The van der Waals surface area contributed by atoms with E-state index in [9.17, 15) is 8.42 Å². The molecule has 0 amide bonds. The van der Waals surface area contributed by atoms with Gasteiger partial charge in [-0.3, -0.25) is 0 Å². The van der Waals surface area contributed by atoms with Gasteiger partial charge in [-0.1, -0.05) is 6.07 Å². The molecule has 1 heterocycles. The van der Waals surface area contributed by atoms with Crippen LogP contribution < -0.4 is 0 Å². The first kappa shape index (κ1) is 10.3. The second kappa shape index (κ2) is 3.43.